The first-order valence-electron chi connectivity index (χ1n) is 11.5. The lowest BCUT2D eigenvalue weighted by molar-refractivity contribution is -0.132. The van der Waals surface area contributed by atoms with Gasteiger partial charge in [-0.15, -0.1) is 0 Å². The number of benzene rings is 1. The molecule has 0 unspecified atom stereocenters. The minimum absolute atomic E-state index is 0.0442. The maximum absolute atomic E-state index is 12.5. The van der Waals surface area contributed by atoms with Crippen LogP contribution in [0.5, 0.6) is 0 Å². The fourth-order valence-electron chi connectivity index (χ4n) is 6.50. The molecule has 5 rings (SSSR count). The summed E-state index contributed by atoms with van der Waals surface area (Å²) in [7, 11) is 0. The van der Waals surface area contributed by atoms with Crippen molar-refractivity contribution >= 4 is 23.4 Å². The number of aryl methyl sites for hydroxylation is 2. The molecule has 1 aromatic carbocycles. The number of hydrogen-bond donors (Lipinski definition) is 4. The van der Waals surface area contributed by atoms with Crippen molar-refractivity contribution in [1.29, 1.82) is 0 Å². The number of anilines is 1. The third-order valence-corrected chi connectivity index (χ3v) is 7.31. The number of carbonyl (C=O) groups excluding carboxylic acids is 3. The topological polar surface area (TPSA) is 99.3 Å². The molecule has 0 aliphatic heterocycles. The standard InChI is InChI=1S/C24H34N4O3/c1-15-3-4-20(16(2)5-15)25-13-22(30)27-28-23(31)14-26-21(29)12-24-9-17-6-18(10-24)8-19(7-17)11-24/h3-5,17-19,25H,6-14H2,1-2H3,(H,26,29)(H,27,30)(H,28,31). The fourth-order valence-corrected chi connectivity index (χ4v) is 6.50. The molecule has 4 aliphatic rings. The molecule has 31 heavy (non-hydrogen) atoms. The van der Waals surface area contributed by atoms with Crippen LogP contribution in [0.15, 0.2) is 18.2 Å². The van der Waals surface area contributed by atoms with Gasteiger partial charge < -0.3 is 10.6 Å². The molecule has 4 saturated carbocycles. The number of hydrazine groups is 1. The average molecular weight is 427 g/mol. The van der Waals surface area contributed by atoms with Crippen LogP contribution in [0.2, 0.25) is 0 Å². The second-order valence-electron chi connectivity index (χ2n) is 10.1. The summed E-state index contributed by atoms with van der Waals surface area (Å²) in [4.78, 5) is 36.5. The van der Waals surface area contributed by atoms with Gasteiger partial charge in [-0.2, -0.15) is 0 Å². The zero-order valence-electron chi connectivity index (χ0n) is 18.6. The summed E-state index contributed by atoms with van der Waals surface area (Å²) in [6.07, 6.45) is 8.08. The number of amides is 3. The Morgan fingerprint density at radius 2 is 1.45 bits per heavy atom. The van der Waals surface area contributed by atoms with Crippen LogP contribution in [0.4, 0.5) is 5.69 Å². The van der Waals surface area contributed by atoms with Crippen LogP contribution in [-0.2, 0) is 14.4 Å². The zero-order valence-corrected chi connectivity index (χ0v) is 18.6. The normalized spacial score (nSPS) is 28.1. The second kappa shape index (κ2) is 8.89. The van der Waals surface area contributed by atoms with E-state index in [2.05, 4.69) is 21.5 Å². The van der Waals surface area contributed by atoms with E-state index in [1.54, 1.807) is 0 Å². The molecule has 4 bridgehead atoms. The van der Waals surface area contributed by atoms with Gasteiger partial charge in [0.05, 0.1) is 13.1 Å². The van der Waals surface area contributed by atoms with E-state index in [0.717, 1.165) is 34.6 Å². The molecule has 7 nitrogen and oxygen atoms in total. The van der Waals surface area contributed by atoms with Crippen molar-refractivity contribution in [2.45, 2.75) is 58.8 Å². The number of rotatable bonds is 7. The van der Waals surface area contributed by atoms with Crippen LogP contribution in [-0.4, -0.2) is 30.8 Å². The minimum atomic E-state index is -0.432. The second-order valence-corrected chi connectivity index (χ2v) is 10.1. The lowest BCUT2D eigenvalue weighted by Crippen LogP contribution is -2.50. The first-order valence-corrected chi connectivity index (χ1v) is 11.5. The summed E-state index contributed by atoms with van der Waals surface area (Å²) in [5.41, 5.74) is 7.99. The molecule has 3 amide bonds. The molecule has 0 spiro atoms. The van der Waals surface area contributed by atoms with E-state index < -0.39 is 5.91 Å². The highest BCUT2D eigenvalue weighted by Gasteiger charge is 2.51. The third-order valence-electron chi connectivity index (χ3n) is 7.31. The van der Waals surface area contributed by atoms with Gasteiger partial charge in [0, 0.05) is 12.1 Å². The largest absolute Gasteiger partial charge is 0.376 e. The fraction of sp³-hybridized carbons (Fsp3) is 0.625. The minimum Gasteiger partial charge on any atom is -0.376 e. The van der Waals surface area contributed by atoms with Gasteiger partial charge in [-0.25, -0.2) is 0 Å². The Hall–Kier alpha value is -2.57. The monoisotopic (exact) mass is 426 g/mol. The molecule has 1 aromatic rings. The first kappa shape index (κ1) is 21.7. The molecular formula is C24H34N4O3. The molecule has 0 saturated heterocycles. The van der Waals surface area contributed by atoms with E-state index in [4.69, 9.17) is 0 Å². The summed E-state index contributed by atoms with van der Waals surface area (Å²) in [5.74, 6) is 1.56. The van der Waals surface area contributed by atoms with Crippen molar-refractivity contribution in [3.63, 3.8) is 0 Å². The summed E-state index contributed by atoms with van der Waals surface area (Å²) >= 11 is 0. The van der Waals surface area contributed by atoms with E-state index >= 15 is 0 Å². The Bertz CT molecular complexity index is 831. The SMILES string of the molecule is Cc1ccc(NCC(=O)NNC(=O)CNC(=O)CC23CC4CC(CC(C4)C2)C3)c(C)c1. The number of hydrogen-bond acceptors (Lipinski definition) is 4. The molecule has 0 heterocycles. The highest BCUT2D eigenvalue weighted by Crippen LogP contribution is 2.61. The molecule has 4 fully saturated rings. The van der Waals surface area contributed by atoms with Gasteiger partial charge >= 0.3 is 0 Å². The lowest BCUT2D eigenvalue weighted by atomic mass is 9.49. The van der Waals surface area contributed by atoms with Crippen LogP contribution >= 0.6 is 0 Å². The van der Waals surface area contributed by atoms with Crippen molar-refractivity contribution < 1.29 is 14.4 Å². The Labute approximate surface area is 184 Å². The summed E-state index contributed by atoms with van der Waals surface area (Å²) in [6.45, 7) is 3.90. The van der Waals surface area contributed by atoms with Gasteiger partial charge in [-0.3, -0.25) is 25.2 Å². The highest BCUT2D eigenvalue weighted by atomic mass is 16.2. The molecule has 168 valence electrons. The van der Waals surface area contributed by atoms with E-state index in [9.17, 15) is 14.4 Å². The van der Waals surface area contributed by atoms with Crippen LogP contribution in [0, 0.1) is 37.0 Å². The van der Waals surface area contributed by atoms with Crippen LogP contribution in [0.3, 0.4) is 0 Å². The molecular weight excluding hydrogens is 392 g/mol. The highest BCUT2D eigenvalue weighted by molar-refractivity contribution is 5.87. The van der Waals surface area contributed by atoms with Crippen LogP contribution in [0.25, 0.3) is 0 Å². The molecule has 0 atom stereocenters. The maximum atomic E-state index is 12.5. The molecule has 4 aliphatic carbocycles. The third kappa shape index (κ3) is 5.38. The van der Waals surface area contributed by atoms with Gasteiger partial charge in [0.2, 0.25) is 5.91 Å². The Morgan fingerprint density at radius 3 is 2.03 bits per heavy atom. The molecule has 7 heteroatoms. The van der Waals surface area contributed by atoms with Crippen molar-refractivity contribution in [3.8, 4) is 0 Å². The smallest absolute Gasteiger partial charge is 0.257 e. The molecule has 0 radical (unpaired) electrons. The van der Waals surface area contributed by atoms with E-state index in [0.29, 0.717) is 6.42 Å². The Morgan fingerprint density at radius 1 is 0.871 bits per heavy atom. The Balaban J connectivity index is 1.14. The molecule has 0 aromatic heterocycles. The lowest BCUT2D eigenvalue weighted by Gasteiger charge is -2.56. The summed E-state index contributed by atoms with van der Waals surface area (Å²) < 4.78 is 0. The van der Waals surface area contributed by atoms with Gasteiger partial charge in [0.25, 0.3) is 11.8 Å². The predicted octanol–water partition coefficient (Wildman–Crippen LogP) is 2.59. The van der Waals surface area contributed by atoms with Crippen molar-refractivity contribution in [2.75, 3.05) is 18.4 Å². The first-order chi connectivity index (χ1) is 14.8. The molecule has 4 N–H and O–H groups in total. The van der Waals surface area contributed by atoms with E-state index in [-0.39, 0.29) is 30.3 Å². The zero-order chi connectivity index (χ0) is 22.0. The van der Waals surface area contributed by atoms with E-state index in [1.807, 2.05) is 32.0 Å². The van der Waals surface area contributed by atoms with E-state index in [1.165, 1.54) is 38.5 Å². The average Bonchev–Trinajstić information content (AvgIpc) is 2.68. The van der Waals surface area contributed by atoms with Crippen LogP contribution < -0.4 is 21.5 Å². The Kier molecular flexibility index (Phi) is 6.21. The van der Waals surface area contributed by atoms with Gasteiger partial charge in [0.1, 0.15) is 0 Å². The van der Waals surface area contributed by atoms with Crippen molar-refractivity contribution in [2.24, 2.45) is 23.2 Å². The number of carbonyl (C=O) groups is 3. The van der Waals surface area contributed by atoms with Gasteiger partial charge in [0.15, 0.2) is 0 Å². The van der Waals surface area contributed by atoms with Crippen LogP contribution in [0.1, 0.15) is 56.1 Å². The van der Waals surface area contributed by atoms with Gasteiger partial charge in [-0.1, -0.05) is 17.7 Å². The number of nitrogens with one attached hydrogen (secondary N) is 4. The summed E-state index contributed by atoms with van der Waals surface area (Å²) in [6, 6.07) is 5.94. The van der Waals surface area contributed by atoms with Crippen molar-refractivity contribution in [3.05, 3.63) is 29.3 Å². The van der Waals surface area contributed by atoms with Gasteiger partial charge in [-0.05, 0) is 87.2 Å². The van der Waals surface area contributed by atoms with Crippen molar-refractivity contribution in [1.82, 2.24) is 16.2 Å². The maximum Gasteiger partial charge on any atom is 0.257 e. The summed E-state index contributed by atoms with van der Waals surface area (Å²) in [5, 5.41) is 5.79. The predicted molar refractivity (Wildman–Crippen MR) is 119 cm³/mol. The quantitative estimate of drug-likeness (QED) is 0.504.